The van der Waals surface area contributed by atoms with Crippen LogP contribution in [0.15, 0.2) is 30.3 Å². The fourth-order valence-electron chi connectivity index (χ4n) is 1.47. The molecule has 0 fully saturated rings. The monoisotopic (exact) mass is 233 g/mol. The van der Waals surface area contributed by atoms with Crippen LogP contribution in [0.2, 0.25) is 0 Å². The first kappa shape index (κ1) is 11.0. The van der Waals surface area contributed by atoms with Crippen molar-refractivity contribution in [3.05, 3.63) is 36.0 Å². The topological polar surface area (TPSA) is 90.4 Å². The number of carboxylic acid groups (broad SMARTS) is 1. The van der Waals surface area contributed by atoms with Crippen LogP contribution in [0.4, 0.5) is 5.82 Å². The van der Waals surface area contributed by atoms with Crippen molar-refractivity contribution >= 4 is 11.8 Å². The molecular formula is C11H11N3O3. The molecule has 17 heavy (non-hydrogen) atoms. The van der Waals surface area contributed by atoms with Gasteiger partial charge >= 0.3 is 5.97 Å². The molecular weight excluding hydrogens is 222 g/mol. The Hall–Kier alpha value is -2.50. The number of ether oxygens (including phenoxy) is 1. The minimum absolute atomic E-state index is 0.0210. The summed E-state index contributed by atoms with van der Waals surface area (Å²) in [5.74, 6) is -0.228. The molecule has 0 spiro atoms. The number of aromatic carboxylic acids is 1. The van der Waals surface area contributed by atoms with E-state index < -0.39 is 5.97 Å². The molecule has 1 aromatic carbocycles. The first-order chi connectivity index (χ1) is 8.11. The van der Waals surface area contributed by atoms with Gasteiger partial charge in [0.15, 0.2) is 5.69 Å². The average Bonchev–Trinajstić information content (AvgIpc) is 2.72. The van der Waals surface area contributed by atoms with Gasteiger partial charge < -0.3 is 15.6 Å². The van der Waals surface area contributed by atoms with Crippen LogP contribution in [0, 0.1) is 0 Å². The van der Waals surface area contributed by atoms with Gasteiger partial charge in [0.2, 0.25) is 0 Å². The zero-order chi connectivity index (χ0) is 12.4. The van der Waals surface area contributed by atoms with Gasteiger partial charge in [-0.2, -0.15) is 0 Å². The minimum atomic E-state index is -1.08. The van der Waals surface area contributed by atoms with Gasteiger partial charge in [-0.05, 0) is 24.3 Å². The fourth-order valence-corrected chi connectivity index (χ4v) is 1.47. The molecule has 1 heterocycles. The molecule has 0 saturated heterocycles. The lowest BCUT2D eigenvalue weighted by Crippen LogP contribution is -2.07. The van der Waals surface area contributed by atoms with E-state index in [-0.39, 0.29) is 11.5 Å². The summed E-state index contributed by atoms with van der Waals surface area (Å²) in [6.07, 6.45) is 0. The van der Waals surface area contributed by atoms with Crippen LogP contribution < -0.4 is 10.5 Å². The number of methoxy groups -OCH3 is 1. The number of aromatic nitrogens is 2. The van der Waals surface area contributed by atoms with Crippen molar-refractivity contribution < 1.29 is 14.6 Å². The van der Waals surface area contributed by atoms with Crippen LogP contribution in [-0.4, -0.2) is 28.0 Å². The van der Waals surface area contributed by atoms with Crippen molar-refractivity contribution in [2.45, 2.75) is 0 Å². The van der Waals surface area contributed by atoms with Crippen LogP contribution in [0.3, 0.4) is 0 Å². The Morgan fingerprint density at radius 2 is 2.06 bits per heavy atom. The van der Waals surface area contributed by atoms with E-state index in [0.29, 0.717) is 11.4 Å². The third-order valence-electron chi connectivity index (χ3n) is 2.26. The first-order valence-corrected chi connectivity index (χ1v) is 4.85. The van der Waals surface area contributed by atoms with E-state index in [1.807, 2.05) is 0 Å². The van der Waals surface area contributed by atoms with Crippen molar-refractivity contribution in [3.8, 4) is 11.4 Å². The van der Waals surface area contributed by atoms with E-state index in [2.05, 4.69) is 5.10 Å². The molecule has 88 valence electrons. The molecule has 0 aliphatic carbocycles. The Labute approximate surface area is 97.2 Å². The van der Waals surface area contributed by atoms with Crippen molar-refractivity contribution in [1.82, 2.24) is 9.78 Å². The van der Waals surface area contributed by atoms with E-state index in [0.717, 1.165) is 0 Å². The standard InChI is InChI=1S/C11H11N3O3/c1-17-8-4-2-7(3-5-8)14-9(11(15)16)6-10(12)13-14/h2-6H,1H3,(H2,12,13)(H,15,16). The van der Waals surface area contributed by atoms with Crippen LogP contribution in [-0.2, 0) is 0 Å². The maximum absolute atomic E-state index is 11.0. The summed E-state index contributed by atoms with van der Waals surface area (Å²) in [5.41, 5.74) is 6.12. The highest BCUT2D eigenvalue weighted by Gasteiger charge is 2.14. The number of nitrogens with two attached hydrogens (primary N) is 1. The molecule has 0 atom stereocenters. The fraction of sp³-hybridized carbons (Fsp3) is 0.0909. The SMILES string of the molecule is COc1ccc(-n2nc(N)cc2C(=O)O)cc1. The summed E-state index contributed by atoms with van der Waals surface area (Å²) in [5, 5.41) is 12.9. The highest BCUT2D eigenvalue weighted by Crippen LogP contribution is 2.17. The molecule has 0 aliphatic heterocycles. The second-order valence-corrected chi connectivity index (χ2v) is 3.37. The van der Waals surface area contributed by atoms with E-state index in [9.17, 15) is 4.79 Å². The number of hydrogen-bond acceptors (Lipinski definition) is 4. The lowest BCUT2D eigenvalue weighted by atomic mass is 10.3. The van der Waals surface area contributed by atoms with Crippen LogP contribution in [0.25, 0.3) is 5.69 Å². The number of benzene rings is 1. The highest BCUT2D eigenvalue weighted by atomic mass is 16.5. The van der Waals surface area contributed by atoms with Crippen LogP contribution in [0.1, 0.15) is 10.5 Å². The predicted molar refractivity (Wildman–Crippen MR) is 61.5 cm³/mol. The summed E-state index contributed by atoms with van der Waals surface area (Å²) in [6, 6.07) is 8.17. The molecule has 3 N–H and O–H groups in total. The van der Waals surface area contributed by atoms with Gasteiger partial charge in [0, 0.05) is 6.07 Å². The molecule has 0 aliphatic rings. The second kappa shape index (κ2) is 4.17. The first-order valence-electron chi connectivity index (χ1n) is 4.85. The molecule has 0 bridgehead atoms. The molecule has 2 rings (SSSR count). The van der Waals surface area contributed by atoms with E-state index in [1.165, 1.54) is 10.7 Å². The number of anilines is 1. The molecule has 0 amide bonds. The van der Waals surface area contributed by atoms with Gasteiger partial charge in [-0.3, -0.25) is 0 Å². The zero-order valence-corrected chi connectivity index (χ0v) is 9.12. The Morgan fingerprint density at radius 3 is 2.59 bits per heavy atom. The molecule has 6 heteroatoms. The van der Waals surface area contributed by atoms with Crippen molar-refractivity contribution in [3.63, 3.8) is 0 Å². The van der Waals surface area contributed by atoms with E-state index in [4.69, 9.17) is 15.6 Å². The third kappa shape index (κ3) is 2.05. The Morgan fingerprint density at radius 1 is 1.41 bits per heavy atom. The summed E-state index contributed by atoms with van der Waals surface area (Å²) in [7, 11) is 1.56. The van der Waals surface area contributed by atoms with Gasteiger partial charge in [0.05, 0.1) is 12.8 Å². The van der Waals surface area contributed by atoms with Crippen molar-refractivity contribution in [2.24, 2.45) is 0 Å². The molecule has 6 nitrogen and oxygen atoms in total. The summed E-state index contributed by atoms with van der Waals surface area (Å²) in [4.78, 5) is 11.0. The van der Waals surface area contributed by atoms with E-state index >= 15 is 0 Å². The van der Waals surface area contributed by atoms with Gasteiger partial charge in [0.25, 0.3) is 0 Å². The van der Waals surface area contributed by atoms with Gasteiger partial charge in [-0.15, -0.1) is 5.10 Å². The zero-order valence-electron chi connectivity index (χ0n) is 9.12. The quantitative estimate of drug-likeness (QED) is 0.830. The second-order valence-electron chi connectivity index (χ2n) is 3.37. The number of nitrogen functional groups attached to an aromatic ring is 1. The number of carboxylic acids is 1. The Bertz CT molecular complexity index is 546. The molecule has 0 saturated carbocycles. The van der Waals surface area contributed by atoms with Crippen molar-refractivity contribution in [1.29, 1.82) is 0 Å². The molecule has 1 aromatic heterocycles. The Kier molecular flexibility index (Phi) is 2.70. The normalized spacial score (nSPS) is 10.2. The van der Waals surface area contributed by atoms with Crippen LogP contribution >= 0.6 is 0 Å². The summed E-state index contributed by atoms with van der Waals surface area (Å²) >= 11 is 0. The maximum Gasteiger partial charge on any atom is 0.354 e. The van der Waals surface area contributed by atoms with Gasteiger partial charge in [-0.25, -0.2) is 9.48 Å². The smallest absolute Gasteiger partial charge is 0.354 e. The summed E-state index contributed by atoms with van der Waals surface area (Å²) < 4.78 is 6.29. The molecule has 0 unspecified atom stereocenters. The lowest BCUT2D eigenvalue weighted by Gasteiger charge is -2.05. The maximum atomic E-state index is 11.0. The number of nitrogens with zero attached hydrogens (tertiary/aromatic N) is 2. The molecule has 0 radical (unpaired) electrons. The Balaban J connectivity index is 2.48. The third-order valence-corrected chi connectivity index (χ3v) is 2.26. The largest absolute Gasteiger partial charge is 0.497 e. The number of hydrogen-bond donors (Lipinski definition) is 2. The predicted octanol–water partition coefficient (Wildman–Crippen LogP) is 1.16. The number of carbonyl (C=O) groups is 1. The van der Waals surface area contributed by atoms with Gasteiger partial charge in [-0.1, -0.05) is 0 Å². The number of rotatable bonds is 3. The van der Waals surface area contributed by atoms with E-state index in [1.54, 1.807) is 31.4 Å². The lowest BCUT2D eigenvalue weighted by molar-refractivity contribution is 0.0687. The van der Waals surface area contributed by atoms with Crippen LogP contribution in [0.5, 0.6) is 5.75 Å². The van der Waals surface area contributed by atoms with Gasteiger partial charge in [0.1, 0.15) is 11.6 Å². The van der Waals surface area contributed by atoms with Crippen molar-refractivity contribution in [2.75, 3.05) is 12.8 Å². The summed E-state index contributed by atoms with van der Waals surface area (Å²) in [6.45, 7) is 0. The molecule has 2 aromatic rings. The highest BCUT2D eigenvalue weighted by molar-refractivity contribution is 5.87. The minimum Gasteiger partial charge on any atom is -0.497 e. The average molecular weight is 233 g/mol.